The summed E-state index contributed by atoms with van der Waals surface area (Å²) < 4.78 is 13.1. The highest BCUT2D eigenvalue weighted by atomic mass is 19.1. The van der Waals surface area contributed by atoms with Gasteiger partial charge in [0.2, 0.25) is 5.91 Å². The van der Waals surface area contributed by atoms with Crippen LogP contribution in [0.2, 0.25) is 0 Å². The van der Waals surface area contributed by atoms with E-state index in [2.05, 4.69) is 15.4 Å². The first kappa shape index (κ1) is 19.3. The van der Waals surface area contributed by atoms with Gasteiger partial charge in [-0.1, -0.05) is 0 Å². The summed E-state index contributed by atoms with van der Waals surface area (Å²) in [6.07, 6.45) is 0.0157. The molecule has 0 saturated heterocycles. The Kier molecular flexibility index (Phi) is 5.25. The fourth-order valence-corrected chi connectivity index (χ4v) is 3.07. The minimum atomic E-state index is -0.851. The van der Waals surface area contributed by atoms with Crippen molar-refractivity contribution in [2.75, 3.05) is 5.01 Å². The number of anilines is 1. The normalized spacial score (nSPS) is 16.0. The predicted molar refractivity (Wildman–Crippen MR) is 102 cm³/mol. The van der Waals surface area contributed by atoms with Gasteiger partial charge in [-0.3, -0.25) is 19.4 Å². The summed E-state index contributed by atoms with van der Waals surface area (Å²) in [6.45, 7) is 3.59. The number of carbonyl (C=O) groups excluding carboxylic acids is 2. The summed E-state index contributed by atoms with van der Waals surface area (Å²) in [7, 11) is 0. The lowest BCUT2D eigenvalue weighted by Crippen LogP contribution is -2.40. The number of pyridine rings is 1. The quantitative estimate of drug-likeness (QED) is 0.707. The van der Waals surface area contributed by atoms with Crippen molar-refractivity contribution in [3.8, 4) is 0 Å². The van der Waals surface area contributed by atoms with Gasteiger partial charge in [0, 0.05) is 24.2 Å². The molecule has 0 bridgehead atoms. The van der Waals surface area contributed by atoms with Crippen molar-refractivity contribution in [2.45, 2.75) is 32.9 Å². The summed E-state index contributed by atoms with van der Waals surface area (Å²) in [5.41, 5.74) is 7.65. The number of rotatable bonds is 5. The van der Waals surface area contributed by atoms with Gasteiger partial charge in [-0.15, -0.1) is 0 Å². The number of hydrogen-bond acceptors (Lipinski definition) is 5. The summed E-state index contributed by atoms with van der Waals surface area (Å²) >= 11 is 0. The molecule has 1 aromatic heterocycles. The maximum atomic E-state index is 13.1. The van der Waals surface area contributed by atoms with Gasteiger partial charge < -0.3 is 16.0 Å². The van der Waals surface area contributed by atoms with Crippen molar-refractivity contribution in [1.82, 2.24) is 10.3 Å². The maximum Gasteiger partial charge on any atom is 0.267 e. The number of amides is 2. The van der Waals surface area contributed by atoms with Crippen LogP contribution in [0, 0.1) is 19.7 Å². The molecule has 1 aromatic carbocycles. The minimum Gasteiger partial charge on any atom is -0.368 e. The van der Waals surface area contributed by atoms with Crippen LogP contribution in [0.25, 0.3) is 0 Å². The van der Waals surface area contributed by atoms with Crippen molar-refractivity contribution >= 4 is 23.2 Å². The van der Waals surface area contributed by atoms with Crippen molar-refractivity contribution in [3.63, 3.8) is 0 Å². The molecule has 0 aliphatic carbocycles. The van der Waals surface area contributed by atoms with E-state index in [9.17, 15) is 18.8 Å². The average molecular weight is 385 g/mol. The summed E-state index contributed by atoms with van der Waals surface area (Å²) in [5, 5.41) is 8.15. The molecule has 146 valence electrons. The molecule has 0 fully saturated rings. The molecule has 1 atom stereocenters. The second kappa shape index (κ2) is 7.63. The number of nitrogens with zero attached hydrogens (tertiary/aromatic N) is 2. The molecule has 0 saturated carbocycles. The lowest BCUT2D eigenvalue weighted by atomic mass is 10.1. The molecule has 2 amide bonds. The SMILES string of the molecule is Cc1cc(C)c(CNC(=O)C2=NN(c3ccc(F)cc3)[C@H](C(N)=O)C2)c(=O)[nH]1. The lowest BCUT2D eigenvalue weighted by Gasteiger charge is -2.20. The Balaban J connectivity index is 1.78. The molecule has 1 aliphatic heterocycles. The largest absolute Gasteiger partial charge is 0.368 e. The zero-order valence-corrected chi connectivity index (χ0v) is 15.5. The predicted octanol–water partition coefficient (Wildman–Crippen LogP) is 0.867. The van der Waals surface area contributed by atoms with Crippen LogP contribution in [-0.4, -0.2) is 28.6 Å². The van der Waals surface area contributed by atoms with Crippen molar-refractivity contribution in [1.29, 1.82) is 0 Å². The number of nitrogens with two attached hydrogens (primary N) is 1. The fourth-order valence-electron chi connectivity index (χ4n) is 3.07. The zero-order valence-electron chi connectivity index (χ0n) is 15.5. The highest BCUT2D eigenvalue weighted by Gasteiger charge is 2.35. The number of halogens is 1. The van der Waals surface area contributed by atoms with E-state index in [0.717, 1.165) is 11.3 Å². The van der Waals surface area contributed by atoms with E-state index in [1.165, 1.54) is 29.3 Å². The number of primary amides is 1. The van der Waals surface area contributed by atoms with Crippen LogP contribution in [0.1, 0.15) is 23.2 Å². The van der Waals surface area contributed by atoms with Crippen LogP contribution in [0.5, 0.6) is 0 Å². The Morgan fingerprint density at radius 1 is 1.32 bits per heavy atom. The third kappa shape index (κ3) is 3.93. The molecule has 0 spiro atoms. The summed E-state index contributed by atoms with van der Waals surface area (Å²) in [4.78, 5) is 39.0. The van der Waals surface area contributed by atoms with Gasteiger partial charge >= 0.3 is 0 Å². The van der Waals surface area contributed by atoms with Crippen molar-refractivity contribution in [3.05, 3.63) is 63.3 Å². The first-order chi connectivity index (χ1) is 13.3. The molecule has 4 N–H and O–H groups in total. The van der Waals surface area contributed by atoms with E-state index in [4.69, 9.17) is 5.73 Å². The summed E-state index contributed by atoms with van der Waals surface area (Å²) in [6, 6.07) is 6.32. The number of H-pyrrole nitrogens is 1. The number of hydrogen-bond donors (Lipinski definition) is 3. The van der Waals surface area contributed by atoms with Gasteiger partial charge in [-0.25, -0.2) is 4.39 Å². The molecular weight excluding hydrogens is 365 g/mol. The van der Waals surface area contributed by atoms with Crippen LogP contribution >= 0.6 is 0 Å². The highest BCUT2D eigenvalue weighted by Crippen LogP contribution is 2.25. The number of hydrazone groups is 1. The zero-order chi connectivity index (χ0) is 20.4. The number of aryl methyl sites for hydroxylation is 2. The topological polar surface area (TPSA) is 121 Å². The molecule has 1 aliphatic rings. The smallest absolute Gasteiger partial charge is 0.267 e. The second-order valence-corrected chi connectivity index (χ2v) is 6.62. The third-order valence-electron chi connectivity index (χ3n) is 4.51. The lowest BCUT2D eigenvalue weighted by molar-refractivity contribution is -0.119. The van der Waals surface area contributed by atoms with Gasteiger partial charge in [0.05, 0.1) is 5.69 Å². The Hall–Kier alpha value is -3.49. The van der Waals surface area contributed by atoms with Crippen molar-refractivity contribution < 1.29 is 14.0 Å². The Bertz CT molecular complexity index is 1010. The molecule has 28 heavy (non-hydrogen) atoms. The second-order valence-electron chi connectivity index (χ2n) is 6.62. The molecule has 0 unspecified atom stereocenters. The Morgan fingerprint density at radius 3 is 2.61 bits per heavy atom. The van der Waals surface area contributed by atoms with Gasteiger partial charge in [-0.2, -0.15) is 5.10 Å². The Morgan fingerprint density at radius 2 is 2.00 bits per heavy atom. The molecule has 9 heteroatoms. The standard InChI is InChI=1S/C19H20FN5O3/c1-10-7-11(2)23-18(27)14(10)9-22-19(28)15-8-16(17(21)26)25(24-15)13-5-3-12(20)4-6-13/h3-7,16H,8-9H2,1-2H3,(H2,21,26)(H,22,28)(H,23,27)/t16-/m0/s1. The van der Waals surface area contributed by atoms with Crippen LogP contribution in [0.15, 0.2) is 40.2 Å². The third-order valence-corrected chi connectivity index (χ3v) is 4.51. The van der Waals surface area contributed by atoms with Crippen LogP contribution in [0.3, 0.4) is 0 Å². The Labute approximate surface area is 160 Å². The first-order valence-corrected chi connectivity index (χ1v) is 8.65. The molecule has 2 heterocycles. The van der Waals surface area contributed by atoms with Crippen LogP contribution in [-0.2, 0) is 16.1 Å². The van der Waals surface area contributed by atoms with Gasteiger partial charge in [0.15, 0.2) is 0 Å². The van der Waals surface area contributed by atoms with Gasteiger partial charge in [0.25, 0.3) is 11.5 Å². The van der Waals surface area contributed by atoms with E-state index in [0.29, 0.717) is 11.3 Å². The molecule has 2 aromatic rings. The number of nitrogens with one attached hydrogen (secondary N) is 2. The van der Waals surface area contributed by atoms with E-state index >= 15 is 0 Å². The number of benzene rings is 1. The number of aromatic amines is 1. The molecule has 3 rings (SSSR count). The van der Waals surface area contributed by atoms with E-state index in [1.54, 1.807) is 13.8 Å². The van der Waals surface area contributed by atoms with Gasteiger partial charge in [0.1, 0.15) is 17.6 Å². The van der Waals surface area contributed by atoms with Gasteiger partial charge in [-0.05, 0) is 49.7 Å². The van der Waals surface area contributed by atoms with E-state index in [1.807, 2.05) is 6.07 Å². The fraction of sp³-hybridized carbons (Fsp3) is 0.263. The summed E-state index contributed by atoms with van der Waals surface area (Å²) in [5.74, 6) is -1.59. The van der Waals surface area contributed by atoms with E-state index in [-0.39, 0.29) is 24.2 Å². The minimum absolute atomic E-state index is 0.0157. The molecule has 8 nitrogen and oxygen atoms in total. The molecule has 0 radical (unpaired) electrons. The number of aromatic nitrogens is 1. The van der Waals surface area contributed by atoms with Crippen LogP contribution < -0.4 is 21.6 Å². The monoisotopic (exact) mass is 385 g/mol. The molecular formula is C19H20FN5O3. The average Bonchev–Trinajstić information content (AvgIpc) is 3.07. The van der Waals surface area contributed by atoms with E-state index < -0.39 is 23.7 Å². The number of carbonyl (C=O) groups is 2. The van der Waals surface area contributed by atoms with Crippen LogP contribution in [0.4, 0.5) is 10.1 Å². The van der Waals surface area contributed by atoms with Crippen molar-refractivity contribution in [2.24, 2.45) is 10.8 Å². The maximum absolute atomic E-state index is 13.1. The highest BCUT2D eigenvalue weighted by molar-refractivity contribution is 6.40. The first-order valence-electron chi connectivity index (χ1n) is 8.65.